The summed E-state index contributed by atoms with van der Waals surface area (Å²) in [5, 5.41) is 6.28. The van der Waals surface area contributed by atoms with Gasteiger partial charge in [-0.3, -0.25) is 14.4 Å². The zero-order chi connectivity index (χ0) is 29.7. The molecule has 0 bridgehead atoms. The Kier molecular flexibility index (Phi) is 9.34. The number of para-hydroxylation sites is 1. The van der Waals surface area contributed by atoms with Crippen molar-refractivity contribution in [2.75, 3.05) is 27.3 Å². The van der Waals surface area contributed by atoms with Gasteiger partial charge in [0.2, 0.25) is 0 Å². The Hall–Kier alpha value is -3.90. The SMILES string of the molecule is COc1cccc(S(=O)(=O)N(C(=O)[C@H](CC(C)C)NC(=O)c2cc3cccc(OC)c3o2)C2CCCNCC2=O)c1. The van der Waals surface area contributed by atoms with Gasteiger partial charge in [-0.05, 0) is 56.0 Å². The summed E-state index contributed by atoms with van der Waals surface area (Å²) in [6.45, 7) is 4.12. The van der Waals surface area contributed by atoms with Gasteiger partial charge in [-0.1, -0.05) is 32.0 Å². The van der Waals surface area contributed by atoms with Crippen LogP contribution in [0.2, 0.25) is 0 Å². The Balaban J connectivity index is 1.74. The lowest BCUT2D eigenvalue weighted by Crippen LogP contribution is -2.56. The number of benzene rings is 2. The third kappa shape index (κ3) is 6.54. The highest BCUT2D eigenvalue weighted by Gasteiger charge is 2.43. The number of hydrogen-bond acceptors (Lipinski definition) is 9. The van der Waals surface area contributed by atoms with E-state index in [0.29, 0.717) is 34.0 Å². The highest BCUT2D eigenvalue weighted by Crippen LogP contribution is 2.30. The van der Waals surface area contributed by atoms with Crippen LogP contribution in [0.4, 0.5) is 0 Å². The number of carbonyl (C=O) groups excluding carboxylic acids is 3. The molecule has 1 saturated heterocycles. The zero-order valence-corrected chi connectivity index (χ0v) is 24.3. The third-order valence-corrected chi connectivity index (χ3v) is 8.66. The molecular formula is C29H35N3O8S. The number of methoxy groups -OCH3 is 2. The third-order valence-electron chi connectivity index (χ3n) is 6.86. The van der Waals surface area contributed by atoms with E-state index in [0.717, 1.165) is 0 Å². The van der Waals surface area contributed by atoms with Crippen LogP contribution in [0.15, 0.2) is 57.8 Å². The van der Waals surface area contributed by atoms with Gasteiger partial charge in [-0.15, -0.1) is 0 Å². The maximum Gasteiger partial charge on any atom is 0.287 e. The molecule has 3 aromatic rings. The average Bonchev–Trinajstić information content (AvgIpc) is 3.29. The first-order chi connectivity index (χ1) is 19.6. The molecule has 1 unspecified atom stereocenters. The molecule has 12 heteroatoms. The van der Waals surface area contributed by atoms with E-state index in [-0.39, 0.29) is 41.7 Å². The molecule has 2 N–H and O–H groups in total. The van der Waals surface area contributed by atoms with E-state index in [1.54, 1.807) is 24.3 Å². The standard InChI is InChI=1S/C29H35N3O8S/c1-18(2)14-22(31-28(34)26-15-19-8-5-12-25(39-4)27(19)40-26)29(35)32(23-11-7-13-30-17-24(23)33)41(36,37)21-10-6-9-20(16-21)38-3/h5-6,8-10,12,15-16,18,22-23,30H,7,11,13-14,17H2,1-4H3,(H,31,34)/t22-,23?/m0/s1. The van der Waals surface area contributed by atoms with Crippen molar-refractivity contribution in [3.05, 3.63) is 54.3 Å². The number of amides is 2. The number of rotatable bonds is 10. The van der Waals surface area contributed by atoms with Gasteiger partial charge < -0.3 is 24.5 Å². The Morgan fingerprint density at radius 3 is 2.59 bits per heavy atom. The van der Waals surface area contributed by atoms with Crippen LogP contribution in [0.25, 0.3) is 11.0 Å². The van der Waals surface area contributed by atoms with E-state index < -0.39 is 39.7 Å². The van der Waals surface area contributed by atoms with Gasteiger partial charge in [0.25, 0.3) is 21.8 Å². The zero-order valence-electron chi connectivity index (χ0n) is 23.5. The minimum absolute atomic E-state index is 0.0667. The topological polar surface area (TPSA) is 144 Å². The van der Waals surface area contributed by atoms with E-state index in [4.69, 9.17) is 13.9 Å². The van der Waals surface area contributed by atoms with Crippen molar-refractivity contribution in [3.8, 4) is 11.5 Å². The first-order valence-electron chi connectivity index (χ1n) is 13.4. The molecule has 11 nitrogen and oxygen atoms in total. The number of carbonyl (C=O) groups is 3. The quantitative estimate of drug-likeness (QED) is 0.367. The molecule has 2 atom stereocenters. The highest BCUT2D eigenvalue weighted by molar-refractivity contribution is 7.89. The fourth-order valence-corrected chi connectivity index (χ4v) is 6.52. The first-order valence-corrected chi connectivity index (χ1v) is 14.8. The summed E-state index contributed by atoms with van der Waals surface area (Å²) in [6, 6.07) is 9.94. The molecular weight excluding hydrogens is 550 g/mol. The van der Waals surface area contributed by atoms with Crippen molar-refractivity contribution < 1.29 is 36.7 Å². The normalized spacial score (nSPS) is 16.7. The lowest BCUT2D eigenvalue weighted by molar-refractivity contribution is -0.135. The number of nitrogens with zero attached hydrogens (tertiary/aromatic N) is 1. The molecule has 41 heavy (non-hydrogen) atoms. The number of hydrogen-bond donors (Lipinski definition) is 2. The monoisotopic (exact) mass is 585 g/mol. The summed E-state index contributed by atoms with van der Waals surface area (Å²) in [6.07, 6.45) is 0.750. The number of fused-ring (bicyclic) bond motifs is 1. The minimum Gasteiger partial charge on any atom is -0.497 e. The van der Waals surface area contributed by atoms with Gasteiger partial charge in [0, 0.05) is 11.5 Å². The van der Waals surface area contributed by atoms with Crippen LogP contribution in [-0.4, -0.2) is 69.7 Å². The second-order valence-corrected chi connectivity index (χ2v) is 12.1. The largest absolute Gasteiger partial charge is 0.497 e. The van der Waals surface area contributed by atoms with Crippen molar-refractivity contribution in [3.63, 3.8) is 0 Å². The Labute approximate surface area is 239 Å². The van der Waals surface area contributed by atoms with E-state index in [1.165, 1.54) is 38.5 Å². The van der Waals surface area contributed by atoms with Gasteiger partial charge in [0.05, 0.1) is 25.7 Å². The van der Waals surface area contributed by atoms with Crippen molar-refractivity contribution >= 4 is 38.6 Å². The Morgan fingerprint density at radius 1 is 1.12 bits per heavy atom. The molecule has 2 amide bonds. The summed E-state index contributed by atoms with van der Waals surface area (Å²) < 4.78 is 45.0. The minimum atomic E-state index is -4.53. The highest BCUT2D eigenvalue weighted by atomic mass is 32.2. The fraction of sp³-hybridized carbons (Fsp3) is 0.414. The molecule has 1 aromatic heterocycles. The van der Waals surface area contributed by atoms with Crippen LogP contribution in [0.5, 0.6) is 11.5 Å². The van der Waals surface area contributed by atoms with Gasteiger partial charge in [-0.25, -0.2) is 12.7 Å². The van der Waals surface area contributed by atoms with Crippen molar-refractivity contribution in [2.45, 2.75) is 50.1 Å². The molecule has 1 aliphatic heterocycles. The van der Waals surface area contributed by atoms with Gasteiger partial charge in [0.15, 0.2) is 22.9 Å². The van der Waals surface area contributed by atoms with E-state index in [2.05, 4.69) is 10.6 Å². The van der Waals surface area contributed by atoms with E-state index in [1.807, 2.05) is 13.8 Å². The number of sulfonamides is 1. The van der Waals surface area contributed by atoms with Crippen LogP contribution in [0.1, 0.15) is 43.7 Å². The summed E-state index contributed by atoms with van der Waals surface area (Å²) in [4.78, 5) is 40.5. The molecule has 4 rings (SSSR count). The summed E-state index contributed by atoms with van der Waals surface area (Å²) >= 11 is 0. The molecule has 220 valence electrons. The maximum atomic E-state index is 14.2. The molecule has 1 fully saturated rings. The molecule has 0 spiro atoms. The second kappa shape index (κ2) is 12.7. The molecule has 2 heterocycles. The lowest BCUT2D eigenvalue weighted by atomic mass is 10.0. The van der Waals surface area contributed by atoms with Crippen LogP contribution >= 0.6 is 0 Å². The van der Waals surface area contributed by atoms with Gasteiger partial charge in [0.1, 0.15) is 17.8 Å². The predicted octanol–water partition coefficient (Wildman–Crippen LogP) is 3.13. The molecule has 1 aliphatic rings. The number of furan rings is 1. The summed E-state index contributed by atoms with van der Waals surface area (Å²) in [5.41, 5.74) is 0.366. The van der Waals surface area contributed by atoms with Crippen LogP contribution in [0.3, 0.4) is 0 Å². The lowest BCUT2D eigenvalue weighted by Gasteiger charge is -2.33. The van der Waals surface area contributed by atoms with Crippen molar-refractivity contribution in [2.24, 2.45) is 5.92 Å². The van der Waals surface area contributed by atoms with E-state index >= 15 is 0 Å². The second-order valence-electron chi connectivity index (χ2n) is 10.3. The molecule has 0 saturated carbocycles. The van der Waals surface area contributed by atoms with E-state index in [9.17, 15) is 22.8 Å². The Morgan fingerprint density at radius 2 is 1.88 bits per heavy atom. The summed E-state index contributed by atoms with van der Waals surface area (Å²) in [7, 11) is -1.65. The first kappa shape index (κ1) is 30.1. The van der Waals surface area contributed by atoms with Crippen LogP contribution in [-0.2, 0) is 19.6 Å². The van der Waals surface area contributed by atoms with Gasteiger partial charge in [-0.2, -0.15) is 0 Å². The number of Topliss-reactive ketones (excluding diaryl/α,β-unsaturated/α-hetero) is 1. The van der Waals surface area contributed by atoms with Gasteiger partial charge >= 0.3 is 0 Å². The number of ether oxygens (including phenoxy) is 2. The molecule has 2 aromatic carbocycles. The maximum absolute atomic E-state index is 14.2. The number of nitrogens with one attached hydrogen (secondary N) is 2. The number of ketones is 1. The molecule has 0 radical (unpaired) electrons. The predicted molar refractivity (Wildman–Crippen MR) is 151 cm³/mol. The fourth-order valence-electron chi connectivity index (χ4n) is 4.86. The van der Waals surface area contributed by atoms with Crippen molar-refractivity contribution in [1.29, 1.82) is 0 Å². The average molecular weight is 586 g/mol. The summed E-state index contributed by atoms with van der Waals surface area (Å²) in [5.74, 6) is -1.48. The van der Waals surface area contributed by atoms with Crippen LogP contribution < -0.4 is 20.1 Å². The smallest absolute Gasteiger partial charge is 0.287 e. The Bertz CT molecular complexity index is 1530. The van der Waals surface area contributed by atoms with Crippen molar-refractivity contribution in [1.82, 2.24) is 14.9 Å². The van der Waals surface area contributed by atoms with Crippen LogP contribution in [0, 0.1) is 5.92 Å². The molecule has 0 aliphatic carbocycles.